The van der Waals surface area contributed by atoms with Gasteiger partial charge in [-0.1, -0.05) is 56.4 Å². The fourth-order valence-electron chi connectivity index (χ4n) is 8.29. The van der Waals surface area contributed by atoms with Gasteiger partial charge in [0.05, 0.1) is 6.10 Å². The molecule has 0 heterocycles. The van der Waals surface area contributed by atoms with Gasteiger partial charge in [0, 0.05) is 0 Å². The highest BCUT2D eigenvalue weighted by Crippen LogP contribution is 2.66. The van der Waals surface area contributed by atoms with Crippen LogP contribution in [-0.4, -0.2) is 11.2 Å². The molecule has 0 aromatic heterocycles. The van der Waals surface area contributed by atoms with Crippen molar-refractivity contribution in [3.63, 3.8) is 0 Å². The van der Waals surface area contributed by atoms with Crippen molar-refractivity contribution >= 4 is 0 Å². The van der Waals surface area contributed by atoms with Crippen molar-refractivity contribution in [3.8, 4) is 0 Å². The second-order valence-electron chi connectivity index (χ2n) is 10.8. The van der Waals surface area contributed by atoms with E-state index in [-0.39, 0.29) is 6.10 Å². The predicted octanol–water partition coefficient (Wildman–Crippen LogP) is 6.43. The number of hydrogen-bond donors (Lipinski definition) is 1. The Morgan fingerprint density at radius 2 is 1.62 bits per heavy atom. The van der Waals surface area contributed by atoms with Crippen molar-refractivity contribution in [2.45, 2.75) is 97.0 Å². The first-order valence-electron chi connectivity index (χ1n) is 11.6. The smallest absolute Gasteiger partial charge is 0.0577 e. The molecule has 0 saturated heterocycles. The zero-order chi connectivity index (χ0) is 17.9. The van der Waals surface area contributed by atoms with Crippen LogP contribution in [0.1, 0.15) is 90.9 Å². The van der Waals surface area contributed by atoms with Crippen LogP contribution in [0.5, 0.6) is 0 Å². The zero-order valence-electron chi connectivity index (χ0n) is 17.0. The maximum atomic E-state index is 10.2. The fraction of sp³-hybridized carbons (Fsp3) is 0.840. The van der Waals surface area contributed by atoms with Crippen molar-refractivity contribution in [1.82, 2.24) is 0 Å². The summed E-state index contributed by atoms with van der Waals surface area (Å²) >= 11 is 0. The molecule has 1 N–H and O–H groups in total. The van der Waals surface area contributed by atoms with E-state index in [1.807, 2.05) is 5.57 Å². The number of fused-ring (bicyclic) bond motifs is 5. The molecule has 0 amide bonds. The number of hydrogen-bond acceptors (Lipinski definition) is 1. The molecule has 0 aromatic rings. The van der Waals surface area contributed by atoms with E-state index in [2.05, 4.69) is 26.0 Å². The van der Waals surface area contributed by atoms with Crippen LogP contribution in [0.2, 0.25) is 0 Å². The minimum absolute atomic E-state index is 0.0780. The van der Waals surface area contributed by atoms with E-state index in [1.165, 1.54) is 64.2 Å². The summed E-state index contributed by atoms with van der Waals surface area (Å²) in [5.74, 6) is 3.55. The van der Waals surface area contributed by atoms with Crippen LogP contribution in [0.4, 0.5) is 0 Å². The summed E-state index contributed by atoms with van der Waals surface area (Å²) in [4.78, 5) is 0. The molecule has 5 rings (SSSR count). The van der Waals surface area contributed by atoms with Gasteiger partial charge in [0.1, 0.15) is 0 Å². The molecule has 0 unspecified atom stereocenters. The molecule has 0 aliphatic heterocycles. The van der Waals surface area contributed by atoms with E-state index in [4.69, 9.17) is 0 Å². The second kappa shape index (κ2) is 6.23. The maximum Gasteiger partial charge on any atom is 0.0577 e. The molecule has 1 heteroatoms. The molecule has 0 radical (unpaired) electrons. The molecular weight excluding hydrogens is 316 g/mol. The molecular formula is C25H38O. The van der Waals surface area contributed by atoms with Gasteiger partial charge in [0.15, 0.2) is 0 Å². The number of allylic oxidation sites excluding steroid dienone is 3. The van der Waals surface area contributed by atoms with E-state index in [0.717, 1.165) is 36.5 Å². The number of aliphatic hydroxyl groups is 1. The van der Waals surface area contributed by atoms with Crippen molar-refractivity contribution in [3.05, 3.63) is 23.3 Å². The van der Waals surface area contributed by atoms with E-state index in [9.17, 15) is 5.11 Å². The molecule has 26 heavy (non-hydrogen) atoms. The number of rotatable bonds is 1. The van der Waals surface area contributed by atoms with Crippen LogP contribution in [0, 0.1) is 34.5 Å². The van der Waals surface area contributed by atoms with Crippen LogP contribution >= 0.6 is 0 Å². The Morgan fingerprint density at radius 3 is 2.42 bits per heavy atom. The molecule has 0 spiro atoms. The molecule has 3 saturated carbocycles. The van der Waals surface area contributed by atoms with E-state index < -0.39 is 0 Å². The summed E-state index contributed by atoms with van der Waals surface area (Å²) in [6, 6.07) is 0. The molecule has 6 atom stereocenters. The summed E-state index contributed by atoms with van der Waals surface area (Å²) in [7, 11) is 0. The molecule has 1 nitrogen and oxygen atoms in total. The Labute approximate surface area is 160 Å². The predicted molar refractivity (Wildman–Crippen MR) is 108 cm³/mol. The van der Waals surface area contributed by atoms with Gasteiger partial charge >= 0.3 is 0 Å². The van der Waals surface area contributed by atoms with Gasteiger partial charge in [0.2, 0.25) is 0 Å². The molecule has 144 valence electrons. The van der Waals surface area contributed by atoms with Crippen LogP contribution in [0.15, 0.2) is 23.3 Å². The van der Waals surface area contributed by atoms with Crippen LogP contribution in [-0.2, 0) is 0 Å². The summed E-state index contributed by atoms with van der Waals surface area (Å²) in [5.41, 5.74) is 4.38. The number of aliphatic hydroxyl groups excluding tert-OH is 1. The molecule has 5 aliphatic carbocycles. The summed E-state index contributed by atoms with van der Waals surface area (Å²) in [6.07, 6.45) is 21.2. The third kappa shape index (κ3) is 2.45. The lowest BCUT2D eigenvalue weighted by atomic mass is 9.47. The summed E-state index contributed by atoms with van der Waals surface area (Å²) in [6.45, 7) is 5.20. The first-order valence-corrected chi connectivity index (χ1v) is 11.6. The largest absolute Gasteiger partial charge is 0.393 e. The first-order chi connectivity index (χ1) is 12.5. The SMILES string of the molecule is C[C@]12CC[C@H](O)CC1=CC[C@@H]1[C@@H]2CC[C@]2(C)C(C3CCCCC3)=CC[C@@H]12. The van der Waals surface area contributed by atoms with Crippen molar-refractivity contribution in [1.29, 1.82) is 0 Å². The van der Waals surface area contributed by atoms with E-state index in [1.54, 1.807) is 5.57 Å². The fourth-order valence-corrected chi connectivity index (χ4v) is 8.29. The standard InChI is InChI=1S/C25H38O/c1-24-14-12-19(26)16-18(24)8-9-20-22-11-10-21(17-6-4-3-5-7-17)25(22,2)15-13-23(20)24/h8,10,17,19-20,22-23,26H,3-7,9,11-16H2,1-2H3/t19-,20-,22-,23-,24-,25+/m0/s1. The van der Waals surface area contributed by atoms with Gasteiger partial charge in [-0.2, -0.15) is 0 Å². The Morgan fingerprint density at radius 1 is 0.846 bits per heavy atom. The Balaban J connectivity index is 1.42. The van der Waals surface area contributed by atoms with Gasteiger partial charge in [0.25, 0.3) is 0 Å². The first kappa shape index (κ1) is 17.5. The highest BCUT2D eigenvalue weighted by atomic mass is 16.3. The van der Waals surface area contributed by atoms with E-state index in [0.29, 0.717) is 10.8 Å². The highest BCUT2D eigenvalue weighted by molar-refractivity contribution is 5.31. The van der Waals surface area contributed by atoms with Crippen LogP contribution < -0.4 is 0 Å². The lowest BCUT2D eigenvalue weighted by Crippen LogP contribution is -2.50. The topological polar surface area (TPSA) is 20.2 Å². The Bertz CT molecular complexity index is 624. The van der Waals surface area contributed by atoms with Crippen molar-refractivity contribution in [2.75, 3.05) is 0 Å². The summed E-state index contributed by atoms with van der Waals surface area (Å²) < 4.78 is 0. The average molecular weight is 355 g/mol. The van der Waals surface area contributed by atoms with E-state index >= 15 is 0 Å². The lowest BCUT2D eigenvalue weighted by molar-refractivity contribution is -0.0322. The van der Waals surface area contributed by atoms with Gasteiger partial charge in [-0.15, -0.1) is 0 Å². The monoisotopic (exact) mass is 354 g/mol. The average Bonchev–Trinajstić information content (AvgIpc) is 3.00. The zero-order valence-corrected chi connectivity index (χ0v) is 17.0. The Hall–Kier alpha value is -0.560. The summed E-state index contributed by atoms with van der Waals surface area (Å²) in [5, 5.41) is 10.2. The molecule has 5 aliphatic rings. The Kier molecular flexibility index (Phi) is 4.20. The molecule has 3 fully saturated rings. The third-order valence-corrected chi connectivity index (χ3v) is 9.76. The highest BCUT2D eigenvalue weighted by Gasteiger charge is 2.57. The minimum atomic E-state index is -0.0780. The minimum Gasteiger partial charge on any atom is -0.393 e. The van der Waals surface area contributed by atoms with Crippen molar-refractivity contribution in [2.24, 2.45) is 34.5 Å². The van der Waals surface area contributed by atoms with Gasteiger partial charge in [-0.3, -0.25) is 0 Å². The van der Waals surface area contributed by atoms with Gasteiger partial charge < -0.3 is 5.11 Å². The normalized spacial score (nSPS) is 48.9. The van der Waals surface area contributed by atoms with Crippen LogP contribution in [0.25, 0.3) is 0 Å². The molecule has 0 aromatic carbocycles. The lowest BCUT2D eigenvalue weighted by Gasteiger charge is -2.58. The van der Waals surface area contributed by atoms with Crippen molar-refractivity contribution < 1.29 is 5.11 Å². The second-order valence-corrected chi connectivity index (χ2v) is 10.8. The quantitative estimate of drug-likeness (QED) is 0.538. The van der Waals surface area contributed by atoms with Gasteiger partial charge in [-0.25, -0.2) is 0 Å². The van der Waals surface area contributed by atoms with Crippen LogP contribution in [0.3, 0.4) is 0 Å². The molecule has 0 bridgehead atoms. The third-order valence-electron chi connectivity index (χ3n) is 9.76. The maximum absolute atomic E-state index is 10.2. The van der Waals surface area contributed by atoms with Gasteiger partial charge in [-0.05, 0) is 92.3 Å².